The molecule has 1 saturated heterocycles. The predicted molar refractivity (Wildman–Crippen MR) is 156 cm³/mol. The van der Waals surface area contributed by atoms with Gasteiger partial charge in [-0.2, -0.15) is 0 Å². The number of likely N-dealkylation sites (N-methyl/N-ethyl adjacent to an activating group) is 1. The Morgan fingerprint density at radius 2 is 1.48 bits per heavy atom. The first-order valence-electron chi connectivity index (χ1n) is 14.0. The molecule has 1 aliphatic heterocycles. The second kappa shape index (κ2) is 13.8. The maximum atomic E-state index is 13.4. The van der Waals surface area contributed by atoms with Gasteiger partial charge in [0.25, 0.3) is 11.7 Å². The Balaban J connectivity index is 1.64. The summed E-state index contributed by atoms with van der Waals surface area (Å²) in [6.45, 7) is 9.87. The summed E-state index contributed by atoms with van der Waals surface area (Å²) in [5.41, 5.74) is 2.32. The third-order valence-electron chi connectivity index (χ3n) is 7.14. The van der Waals surface area contributed by atoms with Gasteiger partial charge in [0, 0.05) is 18.7 Å². The predicted octanol–water partition coefficient (Wildman–Crippen LogP) is 5.82. The zero-order chi connectivity index (χ0) is 28.5. The van der Waals surface area contributed by atoms with Crippen LogP contribution in [-0.4, -0.2) is 59.4 Å². The van der Waals surface area contributed by atoms with E-state index in [-0.39, 0.29) is 11.3 Å². The maximum Gasteiger partial charge on any atom is 0.295 e. The topological polar surface area (TPSA) is 79.3 Å². The summed E-state index contributed by atoms with van der Waals surface area (Å²) in [5, 5.41) is 11.4. The van der Waals surface area contributed by atoms with Crippen molar-refractivity contribution < 1.29 is 24.2 Å². The van der Waals surface area contributed by atoms with E-state index < -0.39 is 17.7 Å². The van der Waals surface area contributed by atoms with Crippen molar-refractivity contribution in [3.05, 3.63) is 101 Å². The lowest BCUT2D eigenvalue weighted by molar-refractivity contribution is -0.140. The first kappa shape index (κ1) is 28.9. The number of aliphatic hydroxyl groups is 1. The van der Waals surface area contributed by atoms with Crippen LogP contribution in [0.1, 0.15) is 49.9 Å². The van der Waals surface area contributed by atoms with Crippen LogP contribution < -0.4 is 9.47 Å². The largest absolute Gasteiger partial charge is 0.507 e. The van der Waals surface area contributed by atoms with E-state index in [1.807, 2.05) is 61.5 Å². The molecule has 1 aliphatic rings. The second-order valence-corrected chi connectivity index (χ2v) is 9.74. The van der Waals surface area contributed by atoms with E-state index in [9.17, 15) is 14.7 Å². The minimum atomic E-state index is -0.704. The number of nitrogens with zero attached hydrogens (tertiary/aromatic N) is 2. The van der Waals surface area contributed by atoms with E-state index in [1.165, 1.54) is 0 Å². The summed E-state index contributed by atoms with van der Waals surface area (Å²) in [4.78, 5) is 30.4. The van der Waals surface area contributed by atoms with Crippen LogP contribution in [0.4, 0.5) is 0 Å². The molecule has 40 heavy (non-hydrogen) atoms. The average molecular weight is 543 g/mol. The van der Waals surface area contributed by atoms with Gasteiger partial charge in [0.1, 0.15) is 23.9 Å². The first-order chi connectivity index (χ1) is 19.5. The zero-order valence-corrected chi connectivity index (χ0v) is 23.5. The van der Waals surface area contributed by atoms with Gasteiger partial charge in [0.15, 0.2) is 0 Å². The summed E-state index contributed by atoms with van der Waals surface area (Å²) in [6, 6.07) is 23.5. The monoisotopic (exact) mass is 542 g/mol. The Bertz CT molecular complexity index is 1300. The number of hydrogen-bond acceptors (Lipinski definition) is 6. The third-order valence-corrected chi connectivity index (χ3v) is 7.14. The fraction of sp³-hybridized carbons (Fsp3) is 0.333. The highest BCUT2D eigenvalue weighted by molar-refractivity contribution is 6.46. The van der Waals surface area contributed by atoms with Gasteiger partial charge in [-0.05, 0) is 67.0 Å². The Kier molecular flexibility index (Phi) is 9.97. The number of benzene rings is 3. The lowest BCUT2D eigenvalue weighted by Gasteiger charge is -2.28. The smallest absolute Gasteiger partial charge is 0.295 e. The van der Waals surface area contributed by atoms with Crippen LogP contribution in [-0.2, 0) is 16.2 Å². The van der Waals surface area contributed by atoms with E-state index in [2.05, 4.69) is 18.7 Å². The van der Waals surface area contributed by atoms with Crippen molar-refractivity contribution in [3.63, 3.8) is 0 Å². The quantitative estimate of drug-likeness (QED) is 0.167. The van der Waals surface area contributed by atoms with E-state index in [4.69, 9.17) is 9.47 Å². The normalized spacial score (nSPS) is 16.5. The molecule has 1 unspecified atom stereocenters. The zero-order valence-electron chi connectivity index (χ0n) is 23.5. The number of ketones is 1. The van der Waals surface area contributed by atoms with Crippen LogP contribution in [0.5, 0.6) is 11.5 Å². The van der Waals surface area contributed by atoms with Crippen molar-refractivity contribution in [2.75, 3.05) is 32.8 Å². The minimum Gasteiger partial charge on any atom is -0.507 e. The van der Waals surface area contributed by atoms with E-state index in [0.29, 0.717) is 37.6 Å². The van der Waals surface area contributed by atoms with E-state index >= 15 is 0 Å². The molecule has 1 atom stereocenters. The van der Waals surface area contributed by atoms with Crippen molar-refractivity contribution >= 4 is 17.4 Å². The van der Waals surface area contributed by atoms with Crippen LogP contribution in [0.25, 0.3) is 5.76 Å². The van der Waals surface area contributed by atoms with Gasteiger partial charge >= 0.3 is 0 Å². The molecule has 1 amide bonds. The Hall–Kier alpha value is -4.10. The molecule has 210 valence electrons. The Morgan fingerprint density at radius 3 is 2.10 bits per heavy atom. The molecule has 1 fully saturated rings. The lowest BCUT2D eigenvalue weighted by Crippen LogP contribution is -2.38. The summed E-state index contributed by atoms with van der Waals surface area (Å²) in [6.07, 6.45) is 0.892. The van der Waals surface area contributed by atoms with Crippen molar-refractivity contribution in [1.82, 2.24) is 9.80 Å². The number of rotatable bonds is 13. The lowest BCUT2D eigenvalue weighted by atomic mass is 9.95. The molecule has 3 aromatic carbocycles. The van der Waals surface area contributed by atoms with Gasteiger partial charge in [0.05, 0.1) is 18.2 Å². The van der Waals surface area contributed by atoms with Gasteiger partial charge < -0.3 is 24.4 Å². The van der Waals surface area contributed by atoms with Crippen LogP contribution in [0.3, 0.4) is 0 Å². The molecule has 7 heteroatoms. The van der Waals surface area contributed by atoms with Crippen molar-refractivity contribution in [2.24, 2.45) is 0 Å². The molecule has 1 N–H and O–H groups in total. The number of likely N-dealkylation sites (tertiary alicyclic amines) is 1. The fourth-order valence-electron chi connectivity index (χ4n) is 4.82. The van der Waals surface area contributed by atoms with Crippen LogP contribution in [0.15, 0.2) is 84.4 Å². The van der Waals surface area contributed by atoms with Crippen molar-refractivity contribution in [3.8, 4) is 11.5 Å². The number of hydrogen-bond donors (Lipinski definition) is 1. The number of amides is 1. The van der Waals surface area contributed by atoms with Crippen LogP contribution >= 0.6 is 0 Å². The van der Waals surface area contributed by atoms with Gasteiger partial charge in [0.2, 0.25) is 0 Å². The number of carbonyl (C=O) groups excluding carboxylic acids is 2. The molecule has 1 heterocycles. The Morgan fingerprint density at radius 1 is 0.850 bits per heavy atom. The standard InChI is InChI=1S/C33H38N2O5/c1-4-22-39-27-16-12-25(13-17-27)30-29(32(37)33(38)35(30)21-20-34(5-2)6-3)31(36)26-14-18-28(19-15-26)40-23-24-10-8-7-9-11-24/h7-19,30,36H,4-6,20-23H2,1-3H3. The third kappa shape index (κ3) is 6.72. The number of aliphatic hydroxyl groups excluding tert-OH is 1. The SMILES string of the molecule is CCCOc1ccc(C2C(=C(O)c3ccc(OCc4ccccc4)cc3)C(=O)C(=O)N2CCN(CC)CC)cc1. The van der Waals surface area contributed by atoms with Gasteiger partial charge in [-0.3, -0.25) is 9.59 Å². The number of carbonyl (C=O) groups is 2. The van der Waals surface area contributed by atoms with Gasteiger partial charge in [-0.25, -0.2) is 0 Å². The molecule has 0 aromatic heterocycles. The number of ether oxygens (including phenoxy) is 2. The fourth-order valence-corrected chi connectivity index (χ4v) is 4.82. The second-order valence-electron chi connectivity index (χ2n) is 9.74. The van der Waals surface area contributed by atoms with E-state index in [1.54, 1.807) is 29.2 Å². The highest BCUT2D eigenvalue weighted by Crippen LogP contribution is 2.40. The van der Waals surface area contributed by atoms with E-state index in [0.717, 1.165) is 36.4 Å². The number of Topliss-reactive ketones (excluding diaryl/α,β-unsaturated/α-hetero) is 1. The highest BCUT2D eigenvalue weighted by Gasteiger charge is 2.46. The summed E-state index contributed by atoms with van der Waals surface area (Å²) < 4.78 is 11.6. The summed E-state index contributed by atoms with van der Waals surface area (Å²) in [7, 11) is 0. The van der Waals surface area contributed by atoms with Gasteiger partial charge in [-0.15, -0.1) is 0 Å². The first-order valence-corrected chi connectivity index (χ1v) is 14.0. The molecule has 0 saturated carbocycles. The Labute approximate surface area is 236 Å². The molecule has 3 aromatic rings. The average Bonchev–Trinajstić information content (AvgIpc) is 3.25. The molecular formula is C33H38N2O5. The van der Waals surface area contributed by atoms with Gasteiger partial charge in [-0.1, -0.05) is 63.2 Å². The molecule has 7 nitrogen and oxygen atoms in total. The van der Waals surface area contributed by atoms with Crippen LogP contribution in [0.2, 0.25) is 0 Å². The molecule has 4 rings (SSSR count). The molecule has 0 bridgehead atoms. The highest BCUT2D eigenvalue weighted by atomic mass is 16.5. The van der Waals surface area contributed by atoms with Crippen LogP contribution in [0, 0.1) is 0 Å². The van der Waals surface area contributed by atoms with Crippen molar-refractivity contribution in [2.45, 2.75) is 39.8 Å². The molecular weight excluding hydrogens is 504 g/mol. The summed E-state index contributed by atoms with van der Waals surface area (Å²) in [5.74, 6) is -0.128. The molecule has 0 aliphatic carbocycles. The van der Waals surface area contributed by atoms with Crippen molar-refractivity contribution in [1.29, 1.82) is 0 Å². The maximum absolute atomic E-state index is 13.4. The molecule has 0 radical (unpaired) electrons. The minimum absolute atomic E-state index is 0.0877. The summed E-state index contributed by atoms with van der Waals surface area (Å²) >= 11 is 0. The molecule has 0 spiro atoms.